The van der Waals surface area contributed by atoms with E-state index in [1.165, 1.54) is 0 Å². The quantitative estimate of drug-likeness (QED) is 0.875. The van der Waals surface area contributed by atoms with Gasteiger partial charge in [0.15, 0.2) is 0 Å². The number of amides is 2. The number of nitrogens with one attached hydrogen (secondary N) is 1. The van der Waals surface area contributed by atoms with Gasteiger partial charge in [0.25, 0.3) is 0 Å². The van der Waals surface area contributed by atoms with Crippen LogP contribution in [0.3, 0.4) is 0 Å². The second-order valence-electron chi connectivity index (χ2n) is 5.67. The molecule has 1 saturated carbocycles. The van der Waals surface area contributed by atoms with Gasteiger partial charge in [-0.25, -0.2) is 0 Å². The zero-order chi connectivity index (χ0) is 16.2. The van der Waals surface area contributed by atoms with E-state index in [-0.39, 0.29) is 6.04 Å². The van der Waals surface area contributed by atoms with Crippen LogP contribution in [0.2, 0.25) is 0 Å². The van der Waals surface area contributed by atoms with E-state index in [1.54, 1.807) is 35.6 Å². The van der Waals surface area contributed by atoms with Crippen LogP contribution in [0.5, 0.6) is 0 Å². The van der Waals surface area contributed by atoms with Crippen LogP contribution in [0.4, 0.5) is 5.69 Å². The zero-order valence-electron chi connectivity index (χ0n) is 12.9. The summed E-state index contributed by atoms with van der Waals surface area (Å²) in [6.07, 6.45) is 6.81. The highest BCUT2D eigenvalue weighted by atomic mass is 16.2. The number of anilines is 1. The molecule has 1 aliphatic rings. The third-order valence-corrected chi connectivity index (χ3v) is 3.69. The molecule has 0 radical (unpaired) electrons. The Bertz CT molecular complexity index is 696. The van der Waals surface area contributed by atoms with Crippen molar-refractivity contribution in [3.8, 4) is 0 Å². The van der Waals surface area contributed by atoms with Crippen LogP contribution in [-0.2, 0) is 16.1 Å². The Morgan fingerprint density at radius 3 is 2.70 bits per heavy atom. The molecule has 0 bridgehead atoms. The second-order valence-corrected chi connectivity index (χ2v) is 5.67. The molecule has 6 heteroatoms. The highest BCUT2D eigenvalue weighted by molar-refractivity contribution is 6.39. The van der Waals surface area contributed by atoms with E-state index in [0.717, 1.165) is 24.1 Å². The first kappa shape index (κ1) is 15.1. The van der Waals surface area contributed by atoms with Crippen molar-refractivity contribution in [2.45, 2.75) is 32.4 Å². The fraction of sp³-hybridized carbons (Fsp3) is 0.294. The molecule has 0 unspecified atom stereocenters. The summed E-state index contributed by atoms with van der Waals surface area (Å²) in [6, 6.07) is 7.38. The zero-order valence-corrected chi connectivity index (χ0v) is 12.9. The van der Waals surface area contributed by atoms with E-state index in [1.807, 2.05) is 19.1 Å². The maximum absolute atomic E-state index is 12.5. The number of carbonyl (C=O) groups excluding carboxylic acids is 2. The highest BCUT2D eigenvalue weighted by Crippen LogP contribution is 2.28. The van der Waals surface area contributed by atoms with Crippen LogP contribution in [0.25, 0.3) is 0 Å². The van der Waals surface area contributed by atoms with E-state index in [0.29, 0.717) is 12.2 Å². The summed E-state index contributed by atoms with van der Waals surface area (Å²) in [4.78, 5) is 34.5. The minimum Gasteiger partial charge on any atom is -0.327 e. The lowest BCUT2D eigenvalue weighted by molar-refractivity contribution is -0.144. The fourth-order valence-corrected chi connectivity index (χ4v) is 2.30. The van der Waals surface area contributed by atoms with Crippen LogP contribution in [0.1, 0.15) is 24.1 Å². The van der Waals surface area contributed by atoms with Crippen molar-refractivity contribution in [2.24, 2.45) is 0 Å². The summed E-state index contributed by atoms with van der Waals surface area (Å²) >= 11 is 0. The molecule has 1 N–H and O–H groups in total. The van der Waals surface area contributed by atoms with Crippen LogP contribution < -0.4 is 5.32 Å². The Kier molecular flexibility index (Phi) is 4.32. The lowest BCUT2D eigenvalue weighted by Crippen LogP contribution is -2.40. The molecule has 0 spiro atoms. The standard InChI is InChI=1S/C17H18N4O2/c1-12-4-5-14(10-19-12)20-16(22)17(23)21(15-6-7-15)11-13-3-2-8-18-9-13/h2-5,8-10,15H,6-7,11H2,1H3,(H,20,22). The number of rotatable bonds is 4. The van der Waals surface area contributed by atoms with Crippen LogP contribution in [0, 0.1) is 6.92 Å². The van der Waals surface area contributed by atoms with E-state index in [2.05, 4.69) is 15.3 Å². The summed E-state index contributed by atoms with van der Waals surface area (Å²) in [5.74, 6) is -1.15. The summed E-state index contributed by atoms with van der Waals surface area (Å²) in [5.41, 5.74) is 2.29. The number of aromatic nitrogens is 2. The first-order chi connectivity index (χ1) is 11.1. The van der Waals surface area contributed by atoms with Gasteiger partial charge in [0.1, 0.15) is 0 Å². The van der Waals surface area contributed by atoms with Crippen LogP contribution >= 0.6 is 0 Å². The van der Waals surface area contributed by atoms with Gasteiger partial charge in [-0.2, -0.15) is 0 Å². The molecule has 2 heterocycles. The molecule has 0 aliphatic heterocycles. The van der Waals surface area contributed by atoms with Gasteiger partial charge in [0.05, 0.1) is 11.9 Å². The monoisotopic (exact) mass is 310 g/mol. The predicted octanol–water partition coefficient (Wildman–Crippen LogP) is 1.91. The van der Waals surface area contributed by atoms with E-state index in [4.69, 9.17) is 0 Å². The molecule has 3 rings (SSSR count). The molecule has 1 fully saturated rings. The molecule has 118 valence electrons. The molecule has 2 aromatic rings. The van der Waals surface area contributed by atoms with Gasteiger partial charge in [-0.05, 0) is 43.5 Å². The first-order valence-electron chi connectivity index (χ1n) is 7.57. The molecule has 0 aromatic carbocycles. The van der Waals surface area contributed by atoms with Crippen molar-refractivity contribution >= 4 is 17.5 Å². The third kappa shape index (κ3) is 3.91. The lowest BCUT2D eigenvalue weighted by atomic mass is 10.2. The van der Waals surface area contributed by atoms with Crippen molar-refractivity contribution in [2.75, 3.05) is 5.32 Å². The summed E-state index contributed by atoms with van der Waals surface area (Å²) < 4.78 is 0. The topological polar surface area (TPSA) is 75.2 Å². The Morgan fingerprint density at radius 2 is 2.09 bits per heavy atom. The number of pyridine rings is 2. The molecule has 2 aromatic heterocycles. The van der Waals surface area contributed by atoms with Gasteiger partial charge in [-0.15, -0.1) is 0 Å². The maximum Gasteiger partial charge on any atom is 0.313 e. The number of hydrogen-bond donors (Lipinski definition) is 1. The minimum absolute atomic E-state index is 0.143. The van der Waals surface area contributed by atoms with Gasteiger partial charge >= 0.3 is 11.8 Å². The van der Waals surface area contributed by atoms with Crippen LogP contribution in [0.15, 0.2) is 42.9 Å². The SMILES string of the molecule is Cc1ccc(NC(=O)C(=O)N(Cc2cccnc2)C2CC2)cn1. The predicted molar refractivity (Wildman–Crippen MR) is 85.4 cm³/mol. The number of carbonyl (C=O) groups is 2. The van der Waals surface area contributed by atoms with Gasteiger partial charge in [0, 0.05) is 30.7 Å². The van der Waals surface area contributed by atoms with Gasteiger partial charge in [-0.3, -0.25) is 19.6 Å². The smallest absolute Gasteiger partial charge is 0.313 e. The van der Waals surface area contributed by atoms with Crippen LogP contribution in [-0.4, -0.2) is 32.7 Å². The van der Waals surface area contributed by atoms with Gasteiger partial charge in [0.2, 0.25) is 0 Å². The molecule has 2 amide bonds. The maximum atomic E-state index is 12.5. The molecule has 6 nitrogen and oxygen atoms in total. The van der Waals surface area contributed by atoms with Crippen molar-refractivity contribution in [3.63, 3.8) is 0 Å². The minimum atomic E-state index is -0.633. The van der Waals surface area contributed by atoms with E-state index < -0.39 is 11.8 Å². The first-order valence-corrected chi connectivity index (χ1v) is 7.57. The summed E-state index contributed by atoms with van der Waals surface area (Å²) in [5, 5.41) is 2.61. The normalized spacial score (nSPS) is 13.4. The van der Waals surface area contributed by atoms with Gasteiger partial charge < -0.3 is 10.2 Å². The number of aryl methyl sites for hydroxylation is 1. The summed E-state index contributed by atoms with van der Waals surface area (Å²) in [6.45, 7) is 2.26. The molecule has 0 saturated heterocycles. The molecular formula is C17H18N4O2. The van der Waals surface area contributed by atoms with E-state index >= 15 is 0 Å². The molecule has 23 heavy (non-hydrogen) atoms. The Balaban J connectivity index is 1.68. The lowest BCUT2D eigenvalue weighted by Gasteiger charge is -2.21. The third-order valence-electron chi connectivity index (χ3n) is 3.69. The number of nitrogens with zero attached hydrogens (tertiary/aromatic N) is 3. The highest BCUT2D eigenvalue weighted by Gasteiger charge is 2.35. The van der Waals surface area contributed by atoms with Crippen molar-refractivity contribution in [1.29, 1.82) is 0 Å². The Labute approximate surface area is 134 Å². The molecule has 1 aliphatic carbocycles. The average molecular weight is 310 g/mol. The second kappa shape index (κ2) is 6.56. The van der Waals surface area contributed by atoms with Crippen molar-refractivity contribution in [3.05, 3.63) is 54.1 Å². The average Bonchev–Trinajstić information content (AvgIpc) is 3.40. The fourth-order valence-electron chi connectivity index (χ4n) is 2.30. The Hall–Kier alpha value is -2.76. The van der Waals surface area contributed by atoms with Crippen molar-refractivity contribution in [1.82, 2.24) is 14.9 Å². The Morgan fingerprint density at radius 1 is 1.26 bits per heavy atom. The largest absolute Gasteiger partial charge is 0.327 e. The van der Waals surface area contributed by atoms with E-state index in [9.17, 15) is 9.59 Å². The van der Waals surface area contributed by atoms with Gasteiger partial charge in [-0.1, -0.05) is 6.07 Å². The molecular weight excluding hydrogens is 292 g/mol. The summed E-state index contributed by atoms with van der Waals surface area (Å²) in [7, 11) is 0. The van der Waals surface area contributed by atoms with Crippen molar-refractivity contribution < 1.29 is 9.59 Å². The number of hydrogen-bond acceptors (Lipinski definition) is 4. The molecule has 0 atom stereocenters.